The van der Waals surface area contributed by atoms with Gasteiger partial charge in [-0.3, -0.25) is 18.9 Å². The lowest BCUT2D eigenvalue weighted by atomic mass is 9.86. The maximum absolute atomic E-state index is 13.9. The summed E-state index contributed by atoms with van der Waals surface area (Å²) in [4.78, 5) is 68.7. The molecule has 0 amide bonds. The van der Waals surface area contributed by atoms with Gasteiger partial charge < -0.3 is 19.6 Å². The van der Waals surface area contributed by atoms with Gasteiger partial charge in [-0.2, -0.15) is 5.26 Å². The third-order valence-electron chi connectivity index (χ3n) is 8.01. The lowest BCUT2D eigenvalue weighted by molar-refractivity contribution is 0.148. The fourth-order valence-electron chi connectivity index (χ4n) is 5.25. The van der Waals surface area contributed by atoms with Crippen molar-refractivity contribution in [3.63, 3.8) is 0 Å². The predicted octanol–water partition coefficient (Wildman–Crippen LogP) is 2.17. The zero-order valence-corrected chi connectivity index (χ0v) is 26.1. The molecule has 0 radical (unpaired) electrons. The molecule has 5 aromatic rings. The van der Waals surface area contributed by atoms with Gasteiger partial charge in [0.15, 0.2) is 0 Å². The van der Waals surface area contributed by atoms with E-state index in [4.69, 9.17) is 4.98 Å². The van der Waals surface area contributed by atoms with Crippen LogP contribution in [0.4, 0.5) is 5.95 Å². The van der Waals surface area contributed by atoms with Crippen LogP contribution < -0.4 is 16.1 Å². The summed E-state index contributed by atoms with van der Waals surface area (Å²) in [6.07, 6.45) is 4.62. The number of benzene rings is 1. The molecule has 0 aliphatic carbocycles. The molecule has 236 valence electrons. The van der Waals surface area contributed by atoms with Crippen molar-refractivity contribution in [2.24, 2.45) is 0 Å². The third kappa shape index (κ3) is 5.92. The fraction of sp³-hybridized carbons (Fsp3) is 0.300. The summed E-state index contributed by atoms with van der Waals surface area (Å²) in [7, 11) is -2.96. The quantitative estimate of drug-likeness (QED) is 0.194. The molecular weight excluding hydrogens is 613 g/mol. The number of hydrogen-bond acceptors (Lipinski definition) is 11. The molecule has 46 heavy (non-hydrogen) atoms. The number of aromatic nitrogens is 6. The number of rotatable bonds is 7. The van der Waals surface area contributed by atoms with Gasteiger partial charge in [0.05, 0.1) is 39.3 Å². The topological polar surface area (TPSA) is 193 Å². The van der Waals surface area contributed by atoms with E-state index in [0.29, 0.717) is 38.5 Å². The molecule has 0 bridgehead atoms. The molecule has 15 nitrogen and oxygen atoms in total. The van der Waals surface area contributed by atoms with E-state index in [9.17, 15) is 29.2 Å². The van der Waals surface area contributed by atoms with Crippen LogP contribution in [-0.2, 0) is 21.2 Å². The van der Waals surface area contributed by atoms with Gasteiger partial charge >= 0.3 is 13.5 Å². The second-order valence-corrected chi connectivity index (χ2v) is 12.8. The first-order valence-corrected chi connectivity index (χ1v) is 15.8. The Balaban J connectivity index is 1.54. The van der Waals surface area contributed by atoms with E-state index in [1.807, 2.05) is 0 Å². The highest BCUT2D eigenvalue weighted by molar-refractivity contribution is 7.46. The van der Waals surface area contributed by atoms with Crippen LogP contribution in [0.1, 0.15) is 19.4 Å². The van der Waals surface area contributed by atoms with E-state index >= 15 is 0 Å². The highest BCUT2D eigenvalue weighted by Crippen LogP contribution is 2.36. The van der Waals surface area contributed by atoms with Crippen molar-refractivity contribution < 1.29 is 18.9 Å². The number of pyridine rings is 2. The minimum atomic E-state index is -5.03. The van der Waals surface area contributed by atoms with E-state index < -0.39 is 31.2 Å². The molecule has 0 atom stereocenters. The molecule has 1 aliphatic rings. The standard InChI is InChI=1S/C30H30N9O6P/c1-30(2,17-31)20-4-6-21(7-5-20)39-26-22(27(40)38(29(39)41)18-45-46(42,43)44)16-32-24-9-8-23(35-25(24)26)19-14-33-28(34-15-19)37-12-10-36(3)11-13-37/h4-9,14-16H,10-13,18H2,1-3H3,(H2,42,43,44). The van der Waals surface area contributed by atoms with Gasteiger partial charge in [-0.05, 0) is 50.7 Å². The van der Waals surface area contributed by atoms with Crippen LogP contribution in [0.25, 0.3) is 38.9 Å². The summed E-state index contributed by atoms with van der Waals surface area (Å²) in [5, 5.41) is 9.56. The Morgan fingerprint density at radius 2 is 1.65 bits per heavy atom. The fourth-order valence-corrected chi connectivity index (χ4v) is 5.51. The molecular formula is C30H30N9O6P. The number of anilines is 1. The Bertz CT molecular complexity index is 2160. The van der Waals surface area contributed by atoms with Crippen molar-refractivity contribution in [2.45, 2.75) is 26.0 Å². The van der Waals surface area contributed by atoms with Gasteiger partial charge in [0.1, 0.15) is 12.2 Å². The number of piperazine rings is 1. The number of fused-ring (bicyclic) bond motifs is 3. The molecule has 2 N–H and O–H groups in total. The van der Waals surface area contributed by atoms with Crippen molar-refractivity contribution in [3.8, 4) is 23.0 Å². The van der Waals surface area contributed by atoms with E-state index in [1.54, 1.807) is 62.6 Å². The molecule has 5 heterocycles. The Kier molecular flexibility index (Phi) is 8.01. The Morgan fingerprint density at radius 1 is 0.978 bits per heavy atom. The highest BCUT2D eigenvalue weighted by Gasteiger charge is 2.24. The van der Waals surface area contributed by atoms with Crippen molar-refractivity contribution >= 4 is 35.7 Å². The molecule has 6 rings (SSSR count). The van der Waals surface area contributed by atoms with E-state index in [2.05, 4.69) is 42.4 Å². The average Bonchev–Trinajstić information content (AvgIpc) is 3.04. The summed E-state index contributed by atoms with van der Waals surface area (Å²) in [5.74, 6) is 0.611. The third-order valence-corrected chi connectivity index (χ3v) is 8.46. The monoisotopic (exact) mass is 643 g/mol. The van der Waals surface area contributed by atoms with Gasteiger partial charge in [-0.1, -0.05) is 12.1 Å². The van der Waals surface area contributed by atoms with Crippen molar-refractivity contribution in [2.75, 3.05) is 38.1 Å². The van der Waals surface area contributed by atoms with Gasteiger partial charge in [0.2, 0.25) is 5.95 Å². The molecule has 0 spiro atoms. The van der Waals surface area contributed by atoms with E-state index in [0.717, 1.165) is 26.2 Å². The number of phosphoric acid groups is 1. The maximum atomic E-state index is 13.9. The van der Waals surface area contributed by atoms with Crippen molar-refractivity contribution in [1.29, 1.82) is 5.26 Å². The second-order valence-electron chi connectivity index (χ2n) is 11.5. The summed E-state index contributed by atoms with van der Waals surface area (Å²) >= 11 is 0. The summed E-state index contributed by atoms with van der Waals surface area (Å²) < 4.78 is 17.8. The highest BCUT2D eigenvalue weighted by atomic mass is 31.2. The first-order valence-electron chi connectivity index (χ1n) is 14.3. The van der Waals surface area contributed by atoms with Crippen LogP contribution in [0.2, 0.25) is 0 Å². The van der Waals surface area contributed by atoms with Gasteiger partial charge in [0.25, 0.3) is 5.56 Å². The van der Waals surface area contributed by atoms with Crippen LogP contribution in [0, 0.1) is 11.3 Å². The summed E-state index contributed by atoms with van der Waals surface area (Å²) in [6, 6.07) is 12.3. The minimum absolute atomic E-state index is 0.0332. The van der Waals surface area contributed by atoms with Crippen LogP contribution in [0.3, 0.4) is 0 Å². The largest absolute Gasteiger partial charge is 0.471 e. The molecule has 0 saturated carbocycles. The van der Waals surface area contributed by atoms with Crippen LogP contribution in [-0.4, -0.2) is 77.0 Å². The summed E-state index contributed by atoms with van der Waals surface area (Å²) in [5.41, 5.74) is 0.266. The lowest BCUT2D eigenvalue weighted by Crippen LogP contribution is -2.45. The number of likely N-dealkylation sites (N-methyl/N-ethyl adjacent to an activating group) is 1. The van der Waals surface area contributed by atoms with Crippen LogP contribution in [0.5, 0.6) is 0 Å². The minimum Gasteiger partial charge on any atom is -0.338 e. The van der Waals surface area contributed by atoms with Gasteiger partial charge in [-0.15, -0.1) is 0 Å². The first kappa shape index (κ1) is 31.2. The molecule has 4 aromatic heterocycles. The Labute approximate surface area is 262 Å². The molecule has 0 unspecified atom stereocenters. The number of phosphoric ester groups is 1. The zero-order chi connectivity index (χ0) is 32.8. The maximum Gasteiger partial charge on any atom is 0.471 e. The normalized spacial score (nSPS) is 14.6. The zero-order valence-electron chi connectivity index (χ0n) is 25.2. The van der Waals surface area contributed by atoms with Gasteiger partial charge in [-0.25, -0.2) is 28.9 Å². The molecule has 16 heteroatoms. The Hall–Kier alpha value is -4.84. The van der Waals surface area contributed by atoms with Crippen LogP contribution in [0.15, 0.2) is 64.6 Å². The number of nitrogens with zero attached hydrogens (tertiary/aromatic N) is 9. The second kappa shape index (κ2) is 11.8. The first-order chi connectivity index (χ1) is 21.9. The smallest absolute Gasteiger partial charge is 0.338 e. The SMILES string of the molecule is CN1CCN(c2ncc(-c3ccc4ncc5c(=O)n(COP(=O)(O)O)c(=O)n(-c6ccc(C(C)(C)C#N)cc6)c5c4n3)cn2)CC1. The number of nitriles is 1. The van der Waals surface area contributed by atoms with Crippen molar-refractivity contribution in [1.82, 2.24) is 34.0 Å². The molecule has 1 aliphatic heterocycles. The van der Waals surface area contributed by atoms with Gasteiger partial charge in [0, 0.05) is 50.3 Å². The molecule has 1 aromatic carbocycles. The van der Waals surface area contributed by atoms with E-state index in [1.165, 1.54) is 10.8 Å². The number of hydrogen-bond donors (Lipinski definition) is 2. The average molecular weight is 644 g/mol. The predicted molar refractivity (Wildman–Crippen MR) is 169 cm³/mol. The van der Waals surface area contributed by atoms with Crippen molar-refractivity contribution in [3.05, 3.63) is 81.4 Å². The molecule has 1 saturated heterocycles. The lowest BCUT2D eigenvalue weighted by Gasteiger charge is -2.32. The Morgan fingerprint density at radius 3 is 2.28 bits per heavy atom. The summed E-state index contributed by atoms with van der Waals surface area (Å²) in [6.45, 7) is 5.95. The van der Waals surface area contributed by atoms with Crippen LogP contribution >= 0.6 is 7.82 Å². The molecule has 1 fully saturated rings. The van der Waals surface area contributed by atoms with E-state index in [-0.39, 0.29) is 16.4 Å².